The van der Waals surface area contributed by atoms with Gasteiger partial charge in [0.15, 0.2) is 0 Å². The van der Waals surface area contributed by atoms with Gasteiger partial charge in [-0.25, -0.2) is 13.1 Å². The van der Waals surface area contributed by atoms with Crippen molar-refractivity contribution < 1.29 is 17.9 Å². The fourth-order valence-electron chi connectivity index (χ4n) is 2.92. The monoisotopic (exact) mass is 375 g/mol. The third-order valence-electron chi connectivity index (χ3n) is 3.93. The van der Waals surface area contributed by atoms with Crippen LogP contribution in [0.25, 0.3) is 0 Å². The summed E-state index contributed by atoms with van der Waals surface area (Å²) in [5.74, 6) is 0. The van der Waals surface area contributed by atoms with Crippen molar-refractivity contribution in [3.05, 3.63) is 28.7 Å². The van der Waals surface area contributed by atoms with Gasteiger partial charge >= 0.3 is 0 Å². The third-order valence-corrected chi connectivity index (χ3v) is 6.46. The molecule has 21 heavy (non-hydrogen) atoms. The number of halogens is 1. The number of benzene rings is 1. The van der Waals surface area contributed by atoms with Crippen LogP contribution < -0.4 is 4.72 Å². The van der Waals surface area contributed by atoms with Crippen molar-refractivity contribution in [1.29, 1.82) is 0 Å². The van der Waals surface area contributed by atoms with Crippen molar-refractivity contribution >= 4 is 26.0 Å². The lowest BCUT2D eigenvalue weighted by Gasteiger charge is -2.38. The maximum absolute atomic E-state index is 12.5. The van der Waals surface area contributed by atoms with E-state index in [2.05, 4.69) is 20.7 Å². The smallest absolute Gasteiger partial charge is 0.241 e. The Morgan fingerprint density at radius 2 is 1.81 bits per heavy atom. The number of ether oxygens (including phenoxy) is 2. The Morgan fingerprint density at radius 1 is 1.10 bits per heavy atom. The molecule has 116 valence electrons. The summed E-state index contributed by atoms with van der Waals surface area (Å²) < 4.78 is 39.6. The maximum Gasteiger partial charge on any atom is 0.241 e. The second-order valence-electron chi connectivity index (χ2n) is 5.38. The molecule has 0 bridgehead atoms. The molecule has 1 saturated carbocycles. The van der Waals surface area contributed by atoms with Gasteiger partial charge in [0.2, 0.25) is 10.0 Å². The molecule has 1 aromatic carbocycles. The fraction of sp³-hybridized carbons (Fsp3) is 0.571. The van der Waals surface area contributed by atoms with E-state index in [0.29, 0.717) is 24.1 Å². The minimum absolute atomic E-state index is 0.000543. The average Bonchev–Trinajstić information content (AvgIpc) is 2.47. The second-order valence-corrected chi connectivity index (χ2v) is 7.92. The van der Waals surface area contributed by atoms with E-state index in [1.54, 1.807) is 24.3 Å². The summed E-state index contributed by atoms with van der Waals surface area (Å²) in [5.41, 5.74) is 0. The molecule has 1 heterocycles. The van der Waals surface area contributed by atoms with Gasteiger partial charge in [0.1, 0.15) is 0 Å². The van der Waals surface area contributed by atoms with Crippen molar-refractivity contribution in [2.24, 2.45) is 0 Å². The van der Waals surface area contributed by atoms with E-state index < -0.39 is 10.0 Å². The first-order valence-corrected chi connectivity index (χ1v) is 9.34. The van der Waals surface area contributed by atoms with Crippen LogP contribution in [0.2, 0.25) is 0 Å². The van der Waals surface area contributed by atoms with E-state index in [1.165, 1.54) is 0 Å². The molecule has 0 aromatic heterocycles. The highest BCUT2D eigenvalue weighted by Crippen LogP contribution is 2.28. The molecule has 0 amide bonds. The van der Waals surface area contributed by atoms with Crippen LogP contribution in [0.1, 0.15) is 19.3 Å². The SMILES string of the molecule is O=S(=O)(N[C@@H]1CC[C@@H]2OCCO[C@H]2C1)c1ccccc1Br. The number of nitrogens with one attached hydrogen (secondary N) is 1. The largest absolute Gasteiger partial charge is 0.373 e. The molecule has 0 unspecified atom stereocenters. The fourth-order valence-corrected chi connectivity index (χ4v) is 5.21. The highest BCUT2D eigenvalue weighted by Gasteiger charge is 2.36. The molecule has 0 spiro atoms. The zero-order valence-electron chi connectivity index (χ0n) is 11.5. The van der Waals surface area contributed by atoms with Gasteiger partial charge in [-0.15, -0.1) is 0 Å². The summed E-state index contributed by atoms with van der Waals surface area (Å²) in [6, 6.07) is 6.72. The quantitative estimate of drug-likeness (QED) is 0.877. The first-order valence-electron chi connectivity index (χ1n) is 7.06. The molecule has 1 aliphatic carbocycles. The molecular formula is C14H18BrNO4S. The van der Waals surface area contributed by atoms with E-state index in [-0.39, 0.29) is 23.1 Å². The highest BCUT2D eigenvalue weighted by atomic mass is 79.9. The van der Waals surface area contributed by atoms with Crippen LogP contribution in [0.3, 0.4) is 0 Å². The normalized spacial score (nSPS) is 29.9. The standard InChI is InChI=1S/C14H18BrNO4S/c15-11-3-1-2-4-14(11)21(17,18)16-10-5-6-12-13(9-10)20-8-7-19-12/h1-4,10,12-13,16H,5-9H2/t10-,12+,13+/m1/s1. The summed E-state index contributed by atoms with van der Waals surface area (Å²) in [6.45, 7) is 1.22. The first kappa shape index (κ1) is 15.4. The van der Waals surface area contributed by atoms with Crippen molar-refractivity contribution in [3.63, 3.8) is 0 Å². The molecule has 2 aliphatic rings. The molecule has 1 aromatic rings. The van der Waals surface area contributed by atoms with Gasteiger partial charge in [-0.3, -0.25) is 0 Å². The molecule has 1 N–H and O–H groups in total. The van der Waals surface area contributed by atoms with Gasteiger partial charge in [-0.05, 0) is 47.3 Å². The Balaban J connectivity index is 1.70. The van der Waals surface area contributed by atoms with E-state index in [9.17, 15) is 8.42 Å². The van der Waals surface area contributed by atoms with Crippen LogP contribution in [0.4, 0.5) is 0 Å². The van der Waals surface area contributed by atoms with Crippen LogP contribution >= 0.6 is 15.9 Å². The number of sulfonamides is 1. The van der Waals surface area contributed by atoms with Crippen LogP contribution in [-0.2, 0) is 19.5 Å². The van der Waals surface area contributed by atoms with Gasteiger partial charge in [-0.1, -0.05) is 12.1 Å². The van der Waals surface area contributed by atoms with Gasteiger partial charge in [0.05, 0.1) is 30.3 Å². The molecule has 1 saturated heterocycles. The van der Waals surface area contributed by atoms with Gasteiger partial charge in [-0.2, -0.15) is 0 Å². The third kappa shape index (κ3) is 3.48. The van der Waals surface area contributed by atoms with Crippen molar-refractivity contribution in [3.8, 4) is 0 Å². The minimum Gasteiger partial charge on any atom is -0.373 e. The number of fused-ring (bicyclic) bond motifs is 1. The topological polar surface area (TPSA) is 64.6 Å². The zero-order chi connectivity index (χ0) is 14.9. The lowest BCUT2D eigenvalue weighted by molar-refractivity contribution is -0.156. The number of rotatable bonds is 3. The van der Waals surface area contributed by atoms with Crippen LogP contribution in [0.15, 0.2) is 33.6 Å². The van der Waals surface area contributed by atoms with Crippen molar-refractivity contribution in [2.75, 3.05) is 13.2 Å². The molecule has 0 radical (unpaired) electrons. The van der Waals surface area contributed by atoms with Crippen LogP contribution in [0, 0.1) is 0 Å². The Hall–Kier alpha value is -0.470. The Bertz CT molecular complexity index is 607. The number of hydrogen-bond donors (Lipinski definition) is 1. The molecular weight excluding hydrogens is 358 g/mol. The highest BCUT2D eigenvalue weighted by molar-refractivity contribution is 9.10. The Morgan fingerprint density at radius 3 is 2.57 bits per heavy atom. The predicted octanol–water partition coefficient (Wildman–Crippen LogP) is 2.06. The summed E-state index contributed by atoms with van der Waals surface area (Å²) in [5, 5.41) is 0. The second kappa shape index (κ2) is 6.34. The Kier molecular flexibility index (Phi) is 4.66. The molecule has 2 fully saturated rings. The molecule has 3 atom stereocenters. The lowest BCUT2D eigenvalue weighted by atomic mass is 9.90. The molecule has 5 nitrogen and oxygen atoms in total. The lowest BCUT2D eigenvalue weighted by Crippen LogP contribution is -2.49. The van der Waals surface area contributed by atoms with Gasteiger partial charge < -0.3 is 9.47 Å². The minimum atomic E-state index is -3.52. The molecule has 1 aliphatic heterocycles. The van der Waals surface area contributed by atoms with Crippen LogP contribution in [0.5, 0.6) is 0 Å². The molecule has 7 heteroatoms. The van der Waals surface area contributed by atoms with E-state index in [4.69, 9.17) is 9.47 Å². The first-order chi connectivity index (χ1) is 10.1. The Labute approximate surface area is 133 Å². The van der Waals surface area contributed by atoms with Crippen molar-refractivity contribution in [1.82, 2.24) is 4.72 Å². The summed E-state index contributed by atoms with van der Waals surface area (Å²) in [6.07, 6.45) is 2.37. The maximum atomic E-state index is 12.5. The summed E-state index contributed by atoms with van der Waals surface area (Å²) in [7, 11) is -3.52. The number of hydrogen-bond acceptors (Lipinski definition) is 4. The van der Waals surface area contributed by atoms with Gasteiger partial charge in [0.25, 0.3) is 0 Å². The zero-order valence-corrected chi connectivity index (χ0v) is 13.9. The van der Waals surface area contributed by atoms with Crippen LogP contribution in [-0.4, -0.2) is 39.9 Å². The van der Waals surface area contributed by atoms with Crippen molar-refractivity contribution in [2.45, 2.75) is 42.4 Å². The van der Waals surface area contributed by atoms with E-state index >= 15 is 0 Å². The predicted molar refractivity (Wildman–Crippen MR) is 81.6 cm³/mol. The van der Waals surface area contributed by atoms with Gasteiger partial charge in [0, 0.05) is 10.5 Å². The van der Waals surface area contributed by atoms with E-state index in [1.807, 2.05) is 0 Å². The summed E-state index contributed by atoms with van der Waals surface area (Å²) >= 11 is 3.29. The summed E-state index contributed by atoms with van der Waals surface area (Å²) in [4.78, 5) is 0.271. The molecule has 3 rings (SSSR count). The average molecular weight is 376 g/mol. The van der Waals surface area contributed by atoms with E-state index in [0.717, 1.165) is 12.8 Å².